The number of hydrogen-bond donors (Lipinski definition) is 0. The van der Waals surface area contributed by atoms with E-state index in [4.69, 9.17) is 0 Å². The van der Waals surface area contributed by atoms with E-state index in [0.29, 0.717) is 5.78 Å². The molecule has 0 aliphatic heterocycles. The van der Waals surface area contributed by atoms with Gasteiger partial charge in [0.2, 0.25) is 0 Å². The zero-order valence-electron chi connectivity index (χ0n) is 24.1. The quantitative estimate of drug-likeness (QED) is 0.0938. The predicted molar refractivity (Wildman–Crippen MR) is 155 cm³/mol. The van der Waals surface area contributed by atoms with Crippen molar-refractivity contribution in [1.82, 2.24) is 0 Å². The van der Waals surface area contributed by atoms with Crippen LogP contribution in [-0.2, 0) is 4.79 Å². The van der Waals surface area contributed by atoms with Gasteiger partial charge >= 0.3 is 0 Å². The van der Waals surface area contributed by atoms with E-state index in [2.05, 4.69) is 13.8 Å². The first-order chi connectivity index (χ1) is 16.8. The van der Waals surface area contributed by atoms with Crippen molar-refractivity contribution in [2.45, 2.75) is 206 Å². The first kappa shape index (κ1) is 33.7. The summed E-state index contributed by atoms with van der Waals surface area (Å²) in [5.41, 5.74) is 0. The normalized spacial score (nSPS) is 11.4. The van der Waals surface area contributed by atoms with Gasteiger partial charge in [-0.3, -0.25) is 4.79 Å². The maximum absolute atomic E-state index is 12.1. The molecule has 0 aliphatic carbocycles. The van der Waals surface area contributed by atoms with Crippen molar-refractivity contribution in [1.29, 1.82) is 0 Å². The molecule has 1 nitrogen and oxygen atoms in total. The summed E-state index contributed by atoms with van der Waals surface area (Å²) < 4.78 is 0. The van der Waals surface area contributed by atoms with Crippen LogP contribution in [0.25, 0.3) is 0 Å². The van der Waals surface area contributed by atoms with E-state index >= 15 is 0 Å². The molecule has 0 aromatic carbocycles. The number of carbonyl (C=O) groups is 1. The Bertz CT molecular complexity index is 375. The van der Waals surface area contributed by atoms with Gasteiger partial charge in [0.05, 0.1) is 0 Å². The molecule has 0 aromatic rings. The second-order valence-corrected chi connectivity index (χ2v) is 11.2. The summed E-state index contributed by atoms with van der Waals surface area (Å²) in [4.78, 5) is 12.1. The number of unbranched alkanes of at least 4 members (excludes halogenated alkanes) is 26. The molecule has 0 amide bonds. The summed E-state index contributed by atoms with van der Waals surface area (Å²) in [6, 6.07) is 0. The Morgan fingerprint density at radius 2 is 0.471 bits per heavy atom. The molecule has 1 heteroatoms. The van der Waals surface area contributed by atoms with Crippen molar-refractivity contribution in [3.05, 3.63) is 0 Å². The molecule has 0 rings (SSSR count). The monoisotopic (exact) mass is 479 g/mol. The van der Waals surface area contributed by atoms with Crippen molar-refractivity contribution in [2.24, 2.45) is 0 Å². The summed E-state index contributed by atoms with van der Waals surface area (Å²) >= 11 is 0. The second kappa shape index (κ2) is 30.7. The van der Waals surface area contributed by atoms with E-state index in [1.807, 2.05) is 0 Å². The van der Waals surface area contributed by atoms with Crippen LogP contribution in [0.15, 0.2) is 0 Å². The first-order valence-corrected chi connectivity index (χ1v) is 16.3. The molecule has 0 spiro atoms. The number of Topliss-reactive ketones (excluding diaryl/α,β-unsaturated/α-hetero) is 1. The molecule has 0 bridgehead atoms. The third kappa shape index (κ3) is 29.7. The smallest absolute Gasteiger partial charge is 0.132 e. The lowest BCUT2D eigenvalue weighted by atomic mass is 10.0. The average molecular weight is 479 g/mol. The molecule has 0 aromatic heterocycles. The number of ketones is 1. The van der Waals surface area contributed by atoms with Crippen molar-refractivity contribution in [2.75, 3.05) is 0 Å². The van der Waals surface area contributed by atoms with Crippen LogP contribution in [0, 0.1) is 0 Å². The first-order valence-electron chi connectivity index (χ1n) is 16.3. The second-order valence-electron chi connectivity index (χ2n) is 11.2. The molecule has 204 valence electrons. The lowest BCUT2D eigenvalue weighted by Gasteiger charge is -2.04. The van der Waals surface area contributed by atoms with Crippen LogP contribution < -0.4 is 0 Å². The van der Waals surface area contributed by atoms with Gasteiger partial charge in [-0.25, -0.2) is 0 Å². The summed E-state index contributed by atoms with van der Waals surface area (Å²) in [5, 5.41) is 0. The minimum Gasteiger partial charge on any atom is -0.300 e. The van der Waals surface area contributed by atoms with Crippen molar-refractivity contribution in [3.63, 3.8) is 0 Å². The topological polar surface area (TPSA) is 17.1 Å². The van der Waals surface area contributed by atoms with E-state index in [-0.39, 0.29) is 0 Å². The Morgan fingerprint density at radius 3 is 0.676 bits per heavy atom. The van der Waals surface area contributed by atoms with Gasteiger partial charge in [0, 0.05) is 12.8 Å². The summed E-state index contributed by atoms with van der Waals surface area (Å²) in [6.45, 7) is 4.58. The van der Waals surface area contributed by atoms with Gasteiger partial charge in [0.25, 0.3) is 0 Å². The van der Waals surface area contributed by atoms with Crippen LogP contribution >= 0.6 is 0 Å². The number of hydrogen-bond acceptors (Lipinski definition) is 1. The van der Waals surface area contributed by atoms with Gasteiger partial charge in [0.15, 0.2) is 0 Å². The Morgan fingerprint density at radius 1 is 0.294 bits per heavy atom. The molecule has 0 aliphatic rings. The Hall–Kier alpha value is -0.330. The summed E-state index contributed by atoms with van der Waals surface area (Å²) in [6.07, 6.45) is 40.5. The van der Waals surface area contributed by atoms with Gasteiger partial charge in [-0.2, -0.15) is 0 Å². The highest BCUT2D eigenvalue weighted by Gasteiger charge is 2.02. The van der Waals surface area contributed by atoms with Crippen LogP contribution in [0.5, 0.6) is 0 Å². The van der Waals surface area contributed by atoms with Crippen LogP contribution in [0.3, 0.4) is 0 Å². The number of rotatable bonds is 30. The summed E-state index contributed by atoms with van der Waals surface area (Å²) in [5.74, 6) is 0.525. The fourth-order valence-electron chi connectivity index (χ4n) is 5.16. The van der Waals surface area contributed by atoms with Crippen molar-refractivity contribution in [3.8, 4) is 0 Å². The minimum atomic E-state index is 0.525. The third-order valence-corrected chi connectivity index (χ3v) is 7.62. The molecule has 0 atom stereocenters. The highest BCUT2D eigenvalue weighted by atomic mass is 16.1. The molecule has 0 heterocycles. The zero-order chi connectivity index (χ0) is 24.8. The van der Waals surface area contributed by atoms with Crippen LogP contribution in [0.2, 0.25) is 0 Å². The number of carbonyl (C=O) groups excluding carboxylic acids is 1. The van der Waals surface area contributed by atoms with Crippen molar-refractivity contribution < 1.29 is 4.79 Å². The van der Waals surface area contributed by atoms with Crippen LogP contribution in [0.1, 0.15) is 206 Å². The van der Waals surface area contributed by atoms with Crippen molar-refractivity contribution >= 4 is 5.78 Å². The molecular weight excluding hydrogens is 412 g/mol. The third-order valence-electron chi connectivity index (χ3n) is 7.62. The zero-order valence-corrected chi connectivity index (χ0v) is 24.1. The van der Waals surface area contributed by atoms with Gasteiger partial charge < -0.3 is 0 Å². The molecule has 0 saturated carbocycles. The molecule has 0 radical (unpaired) electrons. The standard InChI is InChI=1S/C33H66O/c1-3-5-7-9-11-13-15-16-17-18-19-20-22-24-26-28-30-32-33(34)31-29-27-25-23-21-14-12-10-8-6-4-2/h3-32H2,1-2H3. The predicted octanol–water partition coefficient (Wildman–Crippen LogP) is 12.3. The van der Waals surface area contributed by atoms with Gasteiger partial charge in [0.1, 0.15) is 5.78 Å². The summed E-state index contributed by atoms with van der Waals surface area (Å²) in [7, 11) is 0. The van der Waals surface area contributed by atoms with E-state index in [1.54, 1.807) is 0 Å². The van der Waals surface area contributed by atoms with Gasteiger partial charge in [-0.15, -0.1) is 0 Å². The van der Waals surface area contributed by atoms with Crippen LogP contribution in [0.4, 0.5) is 0 Å². The lowest BCUT2D eigenvalue weighted by Crippen LogP contribution is -1.97. The molecular formula is C33H66O. The fourth-order valence-corrected chi connectivity index (χ4v) is 5.16. The van der Waals surface area contributed by atoms with Crippen LogP contribution in [-0.4, -0.2) is 5.78 Å². The van der Waals surface area contributed by atoms with Gasteiger partial charge in [-0.1, -0.05) is 181 Å². The highest BCUT2D eigenvalue weighted by molar-refractivity contribution is 5.78. The maximum atomic E-state index is 12.1. The molecule has 34 heavy (non-hydrogen) atoms. The van der Waals surface area contributed by atoms with Gasteiger partial charge in [-0.05, 0) is 12.8 Å². The minimum absolute atomic E-state index is 0.525. The average Bonchev–Trinajstić information content (AvgIpc) is 2.84. The molecule has 0 fully saturated rings. The SMILES string of the molecule is CCCCCCCCCCCCCCCCCCCC(=O)CCCCCCCCCCCCC. The Kier molecular flexibility index (Phi) is 30.4. The molecule has 0 N–H and O–H groups in total. The maximum Gasteiger partial charge on any atom is 0.132 e. The van der Waals surface area contributed by atoms with E-state index in [0.717, 1.165) is 25.7 Å². The highest BCUT2D eigenvalue weighted by Crippen LogP contribution is 2.15. The van der Waals surface area contributed by atoms with E-state index in [9.17, 15) is 4.79 Å². The molecule has 0 unspecified atom stereocenters. The lowest BCUT2D eigenvalue weighted by molar-refractivity contribution is -0.119. The Balaban J connectivity index is 3.13. The van der Waals surface area contributed by atoms with E-state index < -0.39 is 0 Å². The molecule has 0 saturated heterocycles. The largest absolute Gasteiger partial charge is 0.300 e. The Labute approximate surface area is 217 Å². The van der Waals surface area contributed by atoms with E-state index in [1.165, 1.54) is 167 Å². The fraction of sp³-hybridized carbons (Fsp3) is 0.970.